The van der Waals surface area contributed by atoms with E-state index in [4.69, 9.17) is 12.2 Å². The standard InChI is InChI=1S/C21H20FN3S/c1-16-8-10-19(11-9-16)24-21(26)25(14-17-5-4-12-23-13-17)15-18-6-2-3-7-20(18)22/h2-13H,14-15H2,1H3,(H,24,26). The molecule has 0 atom stereocenters. The van der Waals surface area contributed by atoms with Gasteiger partial charge in [-0.15, -0.1) is 0 Å². The number of rotatable bonds is 5. The predicted octanol–water partition coefficient (Wildman–Crippen LogP) is 4.93. The molecule has 1 heterocycles. The van der Waals surface area contributed by atoms with Gasteiger partial charge in [0.25, 0.3) is 0 Å². The Labute approximate surface area is 158 Å². The highest BCUT2D eigenvalue weighted by atomic mass is 32.1. The topological polar surface area (TPSA) is 28.2 Å². The molecular formula is C21H20FN3S. The number of hydrogen-bond donors (Lipinski definition) is 1. The third kappa shape index (κ3) is 4.86. The minimum absolute atomic E-state index is 0.234. The van der Waals surface area contributed by atoms with Gasteiger partial charge in [0, 0.05) is 36.7 Å². The molecule has 0 radical (unpaired) electrons. The van der Waals surface area contributed by atoms with Gasteiger partial charge in [-0.1, -0.05) is 42.0 Å². The van der Waals surface area contributed by atoms with Gasteiger partial charge in [-0.2, -0.15) is 0 Å². The molecule has 0 bridgehead atoms. The lowest BCUT2D eigenvalue weighted by Gasteiger charge is -2.26. The van der Waals surface area contributed by atoms with Gasteiger partial charge in [-0.3, -0.25) is 4.98 Å². The zero-order chi connectivity index (χ0) is 18.4. The Morgan fingerprint density at radius 3 is 2.50 bits per heavy atom. The summed E-state index contributed by atoms with van der Waals surface area (Å²) in [5.41, 5.74) is 3.70. The van der Waals surface area contributed by atoms with E-state index in [0.29, 0.717) is 23.8 Å². The van der Waals surface area contributed by atoms with Crippen molar-refractivity contribution >= 4 is 23.0 Å². The monoisotopic (exact) mass is 365 g/mol. The first-order valence-electron chi connectivity index (χ1n) is 8.37. The minimum Gasteiger partial charge on any atom is -0.340 e. The molecule has 0 fully saturated rings. The summed E-state index contributed by atoms with van der Waals surface area (Å²) in [6.07, 6.45) is 3.52. The first-order valence-corrected chi connectivity index (χ1v) is 8.77. The van der Waals surface area contributed by atoms with Gasteiger partial charge in [0.1, 0.15) is 5.82 Å². The fourth-order valence-corrected chi connectivity index (χ4v) is 2.83. The fourth-order valence-electron chi connectivity index (χ4n) is 2.58. The van der Waals surface area contributed by atoms with Crippen molar-refractivity contribution in [2.24, 2.45) is 0 Å². The molecule has 3 aromatic rings. The lowest BCUT2D eigenvalue weighted by molar-refractivity contribution is 0.402. The van der Waals surface area contributed by atoms with Gasteiger partial charge in [-0.05, 0) is 49.0 Å². The average molecular weight is 365 g/mol. The van der Waals surface area contributed by atoms with E-state index in [0.717, 1.165) is 11.3 Å². The highest BCUT2D eigenvalue weighted by Crippen LogP contribution is 2.16. The number of halogens is 1. The molecule has 0 spiro atoms. The van der Waals surface area contributed by atoms with E-state index in [1.54, 1.807) is 24.5 Å². The molecule has 132 valence electrons. The third-order valence-electron chi connectivity index (χ3n) is 4.01. The van der Waals surface area contributed by atoms with E-state index in [1.165, 1.54) is 11.6 Å². The molecule has 5 heteroatoms. The Morgan fingerprint density at radius 1 is 1.04 bits per heavy atom. The number of thiocarbonyl (C=S) groups is 1. The van der Waals surface area contributed by atoms with Gasteiger partial charge in [0.2, 0.25) is 0 Å². The first kappa shape index (κ1) is 18.0. The summed E-state index contributed by atoms with van der Waals surface area (Å²) >= 11 is 5.60. The Morgan fingerprint density at radius 2 is 1.81 bits per heavy atom. The molecule has 0 unspecified atom stereocenters. The van der Waals surface area contributed by atoms with E-state index >= 15 is 0 Å². The van der Waals surface area contributed by atoms with Crippen LogP contribution in [0.1, 0.15) is 16.7 Å². The Kier molecular flexibility index (Phi) is 5.92. The second-order valence-corrected chi connectivity index (χ2v) is 6.49. The normalized spacial score (nSPS) is 10.4. The van der Waals surface area contributed by atoms with Crippen molar-refractivity contribution in [2.75, 3.05) is 5.32 Å². The van der Waals surface area contributed by atoms with Crippen LogP contribution in [0, 0.1) is 12.7 Å². The van der Waals surface area contributed by atoms with E-state index < -0.39 is 0 Å². The van der Waals surface area contributed by atoms with Crippen molar-refractivity contribution in [3.8, 4) is 0 Å². The quantitative estimate of drug-likeness (QED) is 0.649. The third-order valence-corrected chi connectivity index (χ3v) is 4.37. The van der Waals surface area contributed by atoms with Crippen molar-refractivity contribution in [3.05, 3.63) is 95.6 Å². The number of aromatic nitrogens is 1. The summed E-state index contributed by atoms with van der Waals surface area (Å²) in [6, 6.07) is 18.6. The van der Waals surface area contributed by atoms with Crippen LogP contribution in [0.5, 0.6) is 0 Å². The zero-order valence-electron chi connectivity index (χ0n) is 14.5. The molecule has 0 aliphatic heterocycles. The molecule has 0 aliphatic carbocycles. The van der Waals surface area contributed by atoms with Crippen LogP contribution in [0.2, 0.25) is 0 Å². The molecule has 0 aliphatic rings. The maximum absolute atomic E-state index is 14.1. The summed E-state index contributed by atoms with van der Waals surface area (Å²) in [7, 11) is 0. The van der Waals surface area contributed by atoms with Gasteiger partial charge in [-0.25, -0.2) is 4.39 Å². The lowest BCUT2D eigenvalue weighted by Crippen LogP contribution is -2.34. The summed E-state index contributed by atoms with van der Waals surface area (Å²) in [4.78, 5) is 6.09. The number of benzene rings is 2. The Balaban J connectivity index is 1.80. The van der Waals surface area contributed by atoms with Crippen molar-refractivity contribution in [3.63, 3.8) is 0 Å². The number of anilines is 1. The number of pyridine rings is 1. The van der Waals surface area contributed by atoms with Crippen molar-refractivity contribution in [1.82, 2.24) is 9.88 Å². The Hall–Kier alpha value is -2.79. The van der Waals surface area contributed by atoms with Crippen LogP contribution >= 0.6 is 12.2 Å². The van der Waals surface area contributed by atoms with Crippen molar-refractivity contribution in [1.29, 1.82) is 0 Å². The number of hydrogen-bond acceptors (Lipinski definition) is 2. The maximum atomic E-state index is 14.1. The zero-order valence-corrected chi connectivity index (χ0v) is 15.3. The predicted molar refractivity (Wildman–Crippen MR) is 107 cm³/mol. The van der Waals surface area contributed by atoms with E-state index in [-0.39, 0.29) is 5.82 Å². The molecule has 3 nitrogen and oxygen atoms in total. The van der Waals surface area contributed by atoms with Crippen LogP contribution in [0.4, 0.5) is 10.1 Å². The molecular weight excluding hydrogens is 345 g/mol. The summed E-state index contributed by atoms with van der Waals surface area (Å²) < 4.78 is 14.1. The van der Waals surface area contributed by atoms with Crippen LogP contribution in [0.3, 0.4) is 0 Å². The first-order chi connectivity index (χ1) is 12.6. The van der Waals surface area contributed by atoms with Crippen LogP contribution < -0.4 is 5.32 Å². The molecule has 26 heavy (non-hydrogen) atoms. The lowest BCUT2D eigenvalue weighted by atomic mass is 10.2. The van der Waals surface area contributed by atoms with E-state index in [9.17, 15) is 4.39 Å². The number of aryl methyl sites for hydroxylation is 1. The molecule has 3 rings (SSSR count). The molecule has 1 N–H and O–H groups in total. The highest BCUT2D eigenvalue weighted by molar-refractivity contribution is 7.80. The van der Waals surface area contributed by atoms with E-state index in [1.807, 2.05) is 54.3 Å². The molecule has 0 saturated carbocycles. The van der Waals surface area contributed by atoms with Crippen LogP contribution in [-0.4, -0.2) is 15.0 Å². The van der Waals surface area contributed by atoms with Gasteiger partial charge < -0.3 is 10.2 Å². The molecule has 2 aromatic carbocycles. The summed E-state index contributed by atoms with van der Waals surface area (Å²) in [6.45, 7) is 2.95. The molecule has 1 aromatic heterocycles. The van der Waals surface area contributed by atoms with Crippen molar-refractivity contribution < 1.29 is 4.39 Å². The summed E-state index contributed by atoms with van der Waals surface area (Å²) in [5.74, 6) is -0.234. The number of nitrogens with zero attached hydrogens (tertiary/aromatic N) is 2. The largest absolute Gasteiger partial charge is 0.340 e. The average Bonchev–Trinajstić information content (AvgIpc) is 2.65. The van der Waals surface area contributed by atoms with Crippen LogP contribution in [0.15, 0.2) is 73.1 Å². The number of nitrogens with one attached hydrogen (secondary N) is 1. The maximum Gasteiger partial charge on any atom is 0.174 e. The van der Waals surface area contributed by atoms with E-state index in [2.05, 4.69) is 10.3 Å². The van der Waals surface area contributed by atoms with Gasteiger partial charge in [0.15, 0.2) is 5.11 Å². The molecule has 0 saturated heterocycles. The Bertz CT molecular complexity index is 866. The van der Waals surface area contributed by atoms with Crippen LogP contribution in [-0.2, 0) is 13.1 Å². The highest BCUT2D eigenvalue weighted by Gasteiger charge is 2.14. The molecule has 0 amide bonds. The SMILES string of the molecule is Cc1ccc(NC(=S)N(Cc2cccnc2)Cc2ccccc2F)cc1. The minimum atomic E-state index is -0.234. The van der Waals surface area contributed by atoms with Crippen molar-refractivity contribution in [2.45, 2.75) is 20.0 Å². The second-order valence-electron chi connectivity index (χ2n) is 6.10. The van der Waals surface area contributed by atoms with Crippen LogP contribution in [0.25, 0.3) is 0 Å². The summed E-state index contributed by atoms with van der Waals surface area (Å²) in [5, 5.41) is 3.79. The fraction of sp³-hybridized carbons (Fsp3) is 0.143. The smallest absolute Gasteiger partial charge is 0.174 e. The van der Waals surface area contributed by atoms with Gasteiger partial charge >= 0.3 is 0 Å². The van der Waals surface area contributed by atoms with Gasteiger partial charge in [0.05, 0.1) is 0 Å². The second kappa shape index (κ2) is 8.54.